The third-order valence-corrected chi connectivity index (χ3v) is 3.88. The fraction of sp³-hybridized carbons (Fsp3) is 0.100. The number of pyridine rings is 1. The molecule has 3 nitrogen and oxygen atoms in total. The molecule has 15 heavy (non-hydrogen) atoms. The number of rotatable bonds is 1. The van der Waals surface area contributed by atoms with E-state index in [1.807, 2.05) is 18.2 Å². The molecule has 1 heterocycles. The molecule has 0 aliphatic rings. The summed E-state index contributed by atoms with van der Waals surface area (Å²) < 4.78 is 23.3. The van der Waals surface area contributed by atoms with E-state index in [1.54, 1.807) is 12.1 Å². The molecular formula is C10H8BrNO2S. The molecule has 5 heteroatoms. The van der Waals surface area contributed by atoms with Crippen molar-refractivity contribution in [3.63, 3.8) is 0 Å². The second kappa shape index (κ2) is 3.57. The predicted octanol–water partition coefficient (Wildman–Crippen LogP) is 2.40. The molecule has 0 aliphatic carbocycles. The first kappa shape index (κ1) is 10.6. The van der Waals surface area contributed by atoms with Gasteiger partial charge in [-0.2, -0.15) is 0 Å². The molecule has 1 aromatic heterocycles. The van der Waals surface area contributed by atoms with E-state index in [-0.39, 0.29) is 5.03 Å². The fourth-order valence-corrected chi connectivity index (χ4v) is 3.23. The fourth-order valence-electron chi connectivity index (χ4n) is 1.33. The second-order valence-corrected chi connectivity index (χ2v) is 6.03. The maximum Gasteiger partial charge on any atom is 0.193 e. The van der Waals surface area contributed by atoms with Crippen LogP contribution in [0.4, 0.5) is 0 Å². The van der Waals surface area contributed by atoms with Crippen LogP contribution in [-0.2, 0) is 9.84 Å². The van der Waals surface area contributed by atoms with Crippen LogP contribution in [0.15, 0.2) is 39.8 Å². The Morgan fingerprint density at radius 3 is 2.60 bits per heavy atom. The lowest BCUT2D eigenvalue weighted by atomic mass is 10.2. The number of sulfone groups is 1. The van der Waals surface area contributed by atoms with Gasteiger partial charge in [-0.05, 0) is 28.1 Å². The number of nitrogens with zero attached hydrogens (tertiary/aromatic N) is 1. The lowest BCUT2D eigenvalue weighted by molar-refractivity contribution is 0.598. The molecule has 0 unspecified atom stereocenters. The highest BCUT2D eigenvalue weighted by atomic mass is 79.9. The van der Waals surface area contributed by atoms with E-state index in [2.05, 4.69) is 20.9 Å². The third-order valence-electron chi connectivity index (χ3n) is 2.00. The highest BCUT2D eigenvalue weighted by molar-refractivity contribution is 9.10. The summed E-state index contributed by atoms with van der Waals surface area (Å²) in [6, 6.07) is 9.15. The van der Waals surface area contributed by atoms with E-state index in [0.29, 0.717) is 9.99 Å². The van der Waals surface area contributed by atoms with Crippen LogP contribution in [0.5, 0.6) is 0 Å². The van der Waals surface area contributed by atoms with Gasteiger partial charge in [0.2, 0.25) is 0 Å². The van der Waals surface area contributed by atoms with Gasteiger partial charge in [0, 0.05) is 11.6 Å². The minimum Gasteiger partial charge on any atom is -0.235 e. The minimum absolute atomic E-state index is 0.0844. The SMILES string of the molecule is CS(=O)(=O)c1nc2ccccc2cc1Br. The van der Waals surface area contributed by atoms with Gasteiger partial charge < -0.3 is 0 Å². The highest BCUT2D eigenvalue weighted by Crippen LogP contribution is 2.24. The average Bonchev–Trinajstić information content (AvgIpc) is 2.15. The summed E-state index contributed by atoms with van der Waals surface area (Å²) in [6.07, 6.45) is 1.15. The Kier molecular flexibility index (Phi) is 2.52. The topological polar surface area (TPSA) is 47.0 Å². The van der Waals surface area contributed by atoms with Crippen molar-refractivity contribution in [1.29, 1.82) is 0 Å². The van der Waals surface area contributed by atoms with Crippen LogP contribution in [0.3, 0.4) is 0 Å². The minimum atomic E-state index is -3.28. The number of aromatic nitrogens is 1. The average molecular weight is 286 g/mol. The molecule has 0 atom stereocenters. The largest absolute Gasteiger partial charge is 0.235 e. The zero-order valence-corrected chi connectivity index (χ0v) is 10.3. The van der Waals surface area contributed by atoms with Gasteiger partial charge in [0.25, 0.3) is 0 Å². The summed E-state index contributed by atoms with van der Waals surface area (Å²) in [6.45, 7) is 0. The standard InChI is InChI=1S/C10H8BrNO2S/c1-15(13,14)10-8(11)6-7-4-2-3-5-9(7)12-10/h2-6H,1H3. The Bertz CT molecular complexity index is 622. The Balaban J connectivity index is 2.84. The summed E-state index contributed by atoms with van der Waals surface area (Å²) in [5.74, 6) is 0. The van der Waals surface area contributed by atoms with E-state index >= 15 is 0 Å². The van der Waals surface area contributed by atoms with Crippen LogP contribution in [-0.4, -0.2) is 19.7 Å². The van der Waals surface area contributed by atoms with Crippen molar-refractivity contribution < 1.29 is 8.42 Å². The number of halogens is 1. The van der Waals surface area contributed by atoms with Crippen molar-refractivity contribution in [1.82, 2.24) is 4.98 Å². The van der Waals surface area contributed by atoms with Gasteiger partial charge in [-0.15, -0.1) is 0 Å². The van der Waals surface area contributed by atoms with Gasteiger partial charge in [0.1, 0.15) is 0 Å². The molecule has 0 aliphatic heterocycles. The normalized spacial score (nSPS) is 11.9. The molecule has 0 saturated heterocycles. The molecule has 1 aromatic carbocycles. The molecule has 0 fully saturated rings. The van der Waals surface area contributed by atoms with Crippen LogP contribution in [0.2, 0.25) is 0 Å². The molecule has 2 rings (SSSR count). The van der Waals surface area contributed by atoms with E-state index in [4.69, 9.17) is 0 Å². The van der Waals surface area contributed by atoms with Gasteiger partial charge in [0.05, 0.1) is 9.99 Å². The molecule has 2 aromatic rings. The van der Waals surface area contributed by atoms with Crippen molar-refractivity contribution in [2.24, 2.45) is 0 Å². The first-order chi connectivity index (χ1) is 6.98. The second-order valence-electron chi connectivity index (χ2n) is 3.24. The Labute approximate surface area is 96.2 Å². The van der Waals surface area contributed by atoms with E-state index < -0.39 is 9.84 Å². The summed E-state index contributed by atoms with van der Waals surface area (Å²) in [7, 11) is -3.28. The number of para-hydroxylation sites is 1. The lowest BCUT2D eigenvalue weighted by Gasteiger charge is -2.03. The van der Waals surface area contributed by atoms with E-state index in [1.165, 1.54) is 0 Å². The molecular weight excluding hydrogens is 278 g/mol. The molecule has 78 valence electrons. The summed E-state index contributed by atoms with van der Waals surface area (Å²) in [5.41, 5.74) is 0.682. The summed E-state index contributed by atoms with van der Waals surface area (Å²) >= 11 is 3.21. The van der Waals surface area contributed by atoms with Crippen molar-refractivity contribution >= 4 is 36.7 Å². The molecule has 0 bridgehead atoms. The lowest BCUT2D eigenvalue weighted by Crippen LogP contribution is -2.01. The molecule has 0 radical (unpaired) electrons. The third kappa shape index (κ3) is 2.03. The van der Waals surface area contributed by atoms with Crippen LogP contribution < -0.4 is 0 Å². The van der Waals surface area contributed by atoms with Gasteiger partial charge in [-0.25, -0.2) is 13.4 Å². The molecule has 0 N–H and O–H groups in total. The van der Waals surface area contributed by atoms with Crippen LogP contribution >= 0.6 is 15.9 Å². The summed E-state index contributed by atoms with van der Waals surface area (Å²) in [5, 5.41) is 0.998. The van der Waals surface area contributed by atoms with E-state index in [9.17, 15) is 8.42 Å². The maximum atomic E-state index is 11.4. The van der Waals surface area contributed by atoms with Crippen molar-refractivity contribution in [2.75, 3.05) is 6.26 Å². The number of hydrogen-bond acceptors (Lipinski definition) is 3. The van der Waals surface area contributed by atoms with Gasteiger partial charge in [-0.3, -0.25) is 0 Å². The zero-order valence-electron chi connectivity index (χ0n) is 7.94. The van der Waals surface area contributed by atoms with Crippen molar-refractivity contribution in [3.8, 4) is 0 Å². The predicted molar refractivity (Wildman–Crippen MR) is 62.6 cm³/mol. The number of benzene rings is 1. The molecule has 0 amide bonds. The van der Waals surface area contributed by atoms with Crippen LogP contribution in [0, 0.1) is 0 Å². The van der Waals surface area contributed by atoms with Crippen LogP contribution in [0.25, 0.3) is 10.9 Å². The number of hydrogen-bond donors (Lipinski definition) is 0. The zero-order chi connectivity index (χ0) is 11.1. The first-order valence-electron chi connectivity index (χ1n) is 4.24. The molecule has 0 spiro atoms. The van der Waals surface area contributed by atoms with Gasteiger partial charge in [-0.1, -0.05) is 18.2 Å². The maximum absolute atomic E-state index is 11.4. The Hall–Kier alpha value is -0.940. The Morgan fingerprint density at radius 1 is 1.27 bits per heavy atom. The number of fused-ring (bicyclic) bond motifs is 1. The van der Waals surface area contributed by atoms with E-state index in [0.717, 1.165) is 11.6 Å². The smallest absolute Gasteiger partial charge is 0.193 e. The van der Waals surface area contributed by atoms with Gasteiger partial charge in [0.15, 0.2) is 14.9 Å². The van der Waals surface area contributed by atoms with Crippen molar-refractivity contribution in [2.45, 2.75) is 5.03 Å². The summed E-state index contributed by atoms with van der Waals surface area (Å²) in [4.78, 5) is 4.11. The van der Waals surface area contributed by atoms with Gasteiger partial charge >= 0.3 is 0 Å². The molecule has 0 saturated carbocycles. The monoisotopic (exact) mass is 285 g/mol. The van der Waals surface area contributed by atoms with Crippen LogP contribution in [0.1, 0.15) is 0 Å². The Morgan fingerprint density at radius 2 is 1.93 bits per heavy atom. The highest BCUT2D eigenvalue weighted by Gasteiger charge is 2.14. The van der Waals surface area contributed by atoms with Crippen molar-refractivity contribution in [3.05, 3.63) is 34.8 Å². The quantitative estimate of drug-likeness (QED) is 0.808. The first-order valence-corrected chi connectivity index (χ1v) is 6.92.